The minimum atomic E-state index is -1.06. The Balaban J connectivity index is 2.27. The fourth-order valence-electron chi connectivity index (χ4n) is 2.77. The number of benzene rings is 2. The molecule has 0 saturated carbocycles. The van der Waals surface area contributed by atoms with Crippen molar-refractivity contribution in [3.05, 3.63) is 64.5 Å². The maximum atomic E-state index is 13.1. The Morgan fingerprint density at radius 1 is 1.16 bits per heavy atom. The molecule has 1 unspecified atom stereocenters. The smallest absolute Gasteiger partial charge is 0.305 e. The molecule has 6 heteroatoms. The normalized spacial score (nSPS) is 11.7. The average molecular weight is 345 g/mol. The van der Waals surface area contributed by atoms with Gasteiger partial charge in [-0.05, 0) is 54.8 Å². The first-order valence-electron chi connectivity index (χ1n) is 7.75. The van der Waals surface area contributed by atoms with E-state index < -0.39 is 23.7 Å². The van der Waals surface area contributed by atoms with Gasteiger partial charge < -0.3 is 15.2 Å². The lowest BCUT2D eigenvalue weighted by Crippen LogP contribution is -2.30. The van der Waals surface area contributed by atoms with Gasteiger partial charge in [-0.15, -0.1) is 0 Å². The summed E-state index contributed by atoms with van der Waals surface area (Å²) >= 11 is 0. The number of carboxylic acids is 1. The number of rotatable bonds is 6. The van der Waals surface area contributed by atoms with E-state index in [2.05, 4.69) is 5.32 Å². The molecular formula is C19H20FNO4. The van der Waals surface area contributed by atoms with Crippen LogP contribution in [0.1, 0.15) is 39.5 Å². The van der Waals surface area contributed by atoms with Crippen LogP contribution in [0.3, 0.4) is 0 Å². The van der Waals surface area contributed by atoms with Gasteiger partial charge in [-0.3, -0.25) is 9.59 Å². The third-order valence-corrected chi connectivity index (χ3v) is 3.88. The van der Waals surface area contributed by atoms with Gasteiger partial charge in [-0.1, -0.05) is 12.1 Å². The number of halogens is 1. The lowest BCUT2D eigenvalue weighted by Gasteiger charge is -2.18. The Morgan fingerprint density at radius 3 is 2.20 bits per heavy atom. The first-order chi connectivity index (χ1) is 11.8. The highest BCUT2D eigenvalue weighted by molar-refractivity contribution is 5.95. The highest BCUT2D eigenvalue weighted by atomic mass is 19.1. The summed E-state index contributed by atoms with van der Waals surface area (Å²) in [5.74, 6) is -1.18. The van der Waals surface area contributed by atoms with Crippen LogP contribution in [0.2, 0.25) is 0 Å². The lowest BCUT2D eigenvalue weighted by atomic mass is 10.0. The number of hydrogen-bond donors (Lipinski definition) is 2. The first-order valence-corrected chi connectivity index (χ1v) is 7.75. The summed E-state index contributed by atoms with van der Waals surface area (Å²) in [5.41, 5.74) is 2.56. The van der Waals surface area contributed by atoms with Crippen LogP contribution in [-0.4, -0.2) is 24.1 Å². The zero-order valence-corrected chi connectivity index (χ0v) is 14.3. The van der Waals surface area contributed by atoms with E-state index in [9.17, 15) is 14.0 Å². The molecule has 0 aromatic heterocycles. The summed E-state index contributed by atoms with van der Waals surface area (Å²) in [6.07, 6.45) is -0.300. The predicted molar refractivity (Wildman–Crippen MR) is 91.3 cm³/mol. The minimum absolute atomic E-state index is 0.300. The lowest BCUT2D eigenvalue weighted by molar-refractivity contribution is -0.137. The van der Waals surface area contributed by atoms with E-state index in [-0.39, 0.29) is 6.42 Å². The molecule has 2 aromatic carbocycles. The van der Waals surface area contributed by atoms with Crippen LogP contribution >= 0.6 is 0 Å². The molecule has 0 saturated heterocycles. The number of aliphatic carboxylic acids is 1. The van der Waals surface area contributed by atoms with Crippen molar-refractivity contribution in [1.29, 1.82) is 0 Å². The van der Waals surface area contributed by atoms with Crippen LogP contribution in [0.25, 0.3) is 0 Å². The molecule has 1 amide bonds. The van der Waals surface area contributed by atoms with Gasteiger partial charge in [-0.25, -0.2) is 4.39 Å². The Bertz CT molecular complexity index is 764. The van der Waals surface area contributed by atoms with E-state index in [1.165, 1.54) is 24.3 Å². The number of carbonyl (C=O) groups excluding carboxylic acids is 1. The summed E-state index contributed by atoms with van der Waals surface area (Å²) in [4.78, 5) is 23.7. The predicted octanol–water partition coefficient (Wildman–Crippen LogP) is 3.40. The molecule has 2 N–H and O–H groups in total. The Morgan fingerprint density at radius 2 is 1.72 bits per heavy atom. The maximum absolute atomic E-state index is 13.1. The molecule has 0 bridgehead atoms. The number of methoxy groups -OCH3 is 1. The second-order valence-corrected chi connectivity index (χ2v) is 5.82. The molecule has 0 fully saturated rings. The zero-order valence-electron chi connectivity index (χ0n) is 14.3. The van der Waals surface area contributed by atoms with E-state index in [0.29, 0.717) is 16.9 Å². The zero-order chi connectivity index (χ0) is 18.6. The standard InChI is InChI=1S/C19H20FNO4/c1-11-8-14(9-12(2)18(11)25-3)19(24)21-16(10-17(22)23)13-4-6-15(20)7-5-13/h4-9,16H,10H2,1-3H3,(H,21,24)(H,22,23). The van der Waals surface area contributed by atoms with E-state index >= 15 is 0 Å². The van der Waals surface area contributed by atoms with Crippen LogP contribution in [0.15, 0.2) is 36.4 Å². The second kappa shape index (κ2) is 7.79. The number of nitrogens with one attached hydrogen (secondary N) is 1. The van der Waals surface area contributed by atoms with Gasteiger partial charge in [-0.2, -0.15) is 0 Å². The van der Waals surface area contributed by atoms with Crippen molar-refractivity contribution in [2.75, 3.05) is 7.11 Å². The first kappa shape index (κ1) is 18.4. The molecule has 0 radical (unpaired) electrons. The van der Waals surface area contributed by atoms with Crippen LogP contribution in [-0.2, 0) is 4.79 Å². The molecule has 0 aliphatic heterocycles. The van der Waals surface area contributed by atoms with E-state index in [0.717, 1.165) is 11.1 Å². The molecule has 5 nitrogen and oxygen atoms in total. The van der Waals surface area contributed by atoms with Crippen molar-refractivity contribution in [3.63, 3.8) is 0 Å². The number of aryl methyl sites for hydroxylation is 2. The van der Waals surface area contributed by atoms with Gasteiger partial charge in [0.25, 0.3) is 5.91 Å². The Hall–Kier alpha value is -2.89. The highest BCUT2D eigenvalue weighted by Gasteiger charge is 2.20. The molecule has 1 atom stereocenters. The molecule has 132 valence electrons. The number of hydrogen-bond acceptors (Lipinski definition) is 3. The summed E-state index contributed by atoms with van der Waals surface area (Å²) in [6.45, 7) is 3.66. The molecule has 0 aliphatic carbocycles. The van der Waals surface area contributed by atoms with Gasteiger partial charge in [0.2, 0.25) is 0 Å². The van der Waals surface area contributed by atoms with E-state index in [1.807, 2.05) is 13.8 Å². The summed E-state index contributed by atoms with van der Waals surface area (Å²) < 4.78 is 18.4. The third kappa shape index (κ3) is 4.56. The number of carboxylic acid groups (broad SMARTS) is 1. The van der Waals surface area contributed by atoms with Crippen LogP contribution in [0.5, 0.6) is 5.75 Å². The number of amides is 1. The van der Waals surface area contributed by atoms with Crippen molar-refractivity contribution in [1.82, 2.24) is 5.32 Å². The van der Waals surface area contributed by atoms with Gasteiger partial charge >= 0.3 is 5.97 Å². The fourth-order valence-corrected chi connectivity index (χ4v) is 2.77. The molecule has 0 aliphatic rings. The second-order valence-electron chi connectivity index (χ2n) is 5.82. The van der Waals surface area contributed by atoms with Crippen molar-refractivity contribution in [2.24, 2.45) is 0 Å². The topological polar surface area (TPSA) is 75.6 Å². The molecular weight excluding hydrogens is 325 g/mol. The summed E-state index contributed by atoms with van der Waals surface area (Å²) in [7, 11) is 1.56. The minimum Gasteiger partial charge on any atom is -0.496 e. The molecule has 2 rings (SSSR count). The summed E-state index contributed by atoms with van der Waals surface area (Å²) in [6, 6.07) is 8.01. The average Bonchev–Trinajstić information content (AvgIpc) is 2.54. The van der Waals surface area contributed by atoms with Crippen LogP contribution in [0.4, 0.5) is 4.39 Å². The van der Waals surface area contributed by atoms with Crippen molar-refractivity contribution in [3.8, 4) is 5.75 Å². The fraction of sp³-hybridized carbons (Fsp3) is 0.263. The molecule has 0 spiro atoms. The highest BCUT2D eigenvalue weighted by Crippen LogP contribution is 2.25. The number of ether oxygens (including phenoxy) is 1. The monoisotopic (exact) mass is 345 g/mol. The van der Waals surface area contributed by atoms with Crippen LogP contribution < -0.4 is 10.1 Å². The largest absolute Gasteiger partial charge is 0.496 e. The third-order valence-electron chi connectivity index (χ3n) is 3.88. The van der Waals surface area contributed by atoms with Gasteiger partial charge in [0.15, 0.2) is 0 Å². The molecule has 0 heterocycles. The molecule has 25 heavy (non-hydrogen) atoms. The van der Waals surface area contributed by atoms with Crippen LogP contribution in [0, 0.1) is 19.7 Å². The SMILES string of the molecule is COc1c(C)cc(C(=O)NC(CC(=O)O)c2ccc(F)cc2)cc1C. The van der Waals surface area contributed by atoms with Gasteiger partial charge in [0.05, 0.1) is 19.6 Å². The Labute approximate surface area is 145 Å². The summed E-state index contributed by atoms with van der Waals surface area (Å²) in [5, 5.41) is 11.8. The van der Waals surface area contributed by atoms with Crippen molar-refractivity contribution < 1.29 is 23.8 Å². The van der Waals surface area contributed by atoms with Gasteiger partial charge in [0, 0.05) is 5.56 Å². The van der Waals surface area contributed by atoms with E-state index in [4.69, 9.17) is 9.84 Å². The Kier molecular flexibility index (Phi) is 5.75. The van der Waals surface area contributed by atoms with Crippen molar-refractivity contribution in [2.45, 2.75) is 26.3 Å². The van der Waals surface area contributed by atoms with Crippen molar-refractivity contribution >= 4 is 11.9 Å². The maximum Gasteiger partial charge on any atom is 0.305 e. The molecule has 2 aromatic rings. The number of carbonyl (C=O) groups is 2. The van der Waals surface area contributed by atoms with Gasteiger partial charge in [0.1, 0.15) is 11.6 Å². The quantitative estimate of drug-likeness (QED) is 0.841. The van der Waals surface area contributed by atoms with E-state index in [1.54, 1.807) is 19.2 Å².